The van der Waals surface area contributed by atoms with E-state index >= 15 is 0 Å². The largest absolute Gasteiger partial charge is 0.496 e. The topological polar surface area (TPSA) is 87.7 Å². The van der Waals surface area contributed by atoms with E-state index in [4.69, 9.17) is 4.74 Å². The Hall–Kier alpha value is -2.57. The van der Waals surface area contributed by atoms with Crippen molar-refractivity contribution in [1.29, 1.82) is 0 Å². The number of nitrogens with one attached hydrogen (secondary N) is 2. The molecule has 0 unspecified atom stereocenters. The minimum absolute atomic E-state index is 0.277. The second-order valence-corrected chi connectivity index (χ2v) is 7.44. The van der Waals surface area contributed by atoms with Gasteiger partial charge in [0.15, 0.2) is 0 Å². The first-order valence-electron chi connectivity index (χ1n) is 8.13. The van der Waals surface area contributed by atoms with Crippen molar-refractivity contribution < 1.29 is 19.1 Å². The van der Waals surface area contributed by atoms with Crippen LogP contribution in [0.3, 0.4) is 0 Å². The van der Waals surface area contributed by atoms with Gasteiger partial charge in [0.05, 0.1) is 7.11 Å². The number of hydrogen-bond acceptors (Lipinski definition) is 4. The molecule has 1 aromatic rings. The first kappa shape index (κ1) is 18.8. The third-order valence-corrected chi connectivity index (χ3v) is 3.90. The fraction of sp³-hybridized carbons (Fsp3) is 0.500. The Bertz CT molecular complexity index is 696. The molecule has 0 aliphatic carbocycles. The maximum Gasteiger partial charge on any atom is 0.325 e. The van der Waals surface area contributed by atoms with E-state index in [2.05, 4.69) is 10.6 Å². The first-order chi connectivity index (χ1) is 11.6. The van der Waals surface area contributed by atoms with E-state index in [1.165, 1.54) is 0 Å². The van der Waals surface area contributed by atoms with Crippen LogP contribution in [-0.4, -0.2) is 47.5 Å². The van der Waals surface area contributed by atoms with Gasteiger partial charge in [-0.25, -0.2) is 4.79 Å². The van der Waals surface area contributed by atoms with Gasteiger partial charge in [-0.05, 0) is 39.3 Å². The zero-order valence-electron chi connectivity index (χ0n) is 15.3. The Morgan fingerprint density at radius 1 is 1.28 bits per heavy atom. The highest BCUT2D eigenvalue weighted by molar-refractivity contribution is 6.09. The van der Waals surface area contributed by atoms with Gasteiger partial charge in [0.2, 0.25) is 5.91 Å². The number of ether oxygens (including phenoxy) is 1. The van der Waals surface area contributed by atoms with Crippen LogP contribution in [0.2, 0.25) is 0 Å². The zero-order chi connectivity index (χ0) is 18.8. The Morgan fingerprint density at radius 2 is 1.92 bits per heavy atom. The van der Waals surface area contributed by atoms with E-state index in [0.717, 1.165) is 10.5 Å². The smallest absolute Gasteiger partial charge is 0.325 e. The molecular weight excluding hydrogens is 322 g/mol. The predicted molar refractivity (Wildman–Crippen MR) is 93.2 cm³/mol. The van der Waals surface area contributed by atoms with Crippen LogP contribution in [0.15, 0.2) is 24.3 Å². The average Bonchev–Trinajstić information content (AvgIpc) is 2.69. The summed E-state index contributed by atoms with van der Waals surface area (Å²) in [6.45, 7) is 6.86. The lowest BCUT2D eigenvalue weighted by Crippen LogP contribution is -2.49. The third-order valence-electron chi connectivity index (χ3n) is 3.90. The normalized spacial score (nSPS) is 20.4. The molecule has 1 aliphatic heterocycles. The van der Waals surface area contributed by atoms with Gasteiger partial charge < -0.3 is 15.4 Å². The summed E-state index contributed by atoms with van der Waals surface area (Å²) in [5.41, 5.74) is -0.743. The molecule has 1 saturated heterocycles. The molecule has 1 atom stereocenters. The Balaban J connectivity index is 2.15. The first-order valence-corrected chi connectivity index (χ1v) is 8.13. The fourth-order valence-electron chi connectivity index (χ4n) is 2.84. The molecule has 0 radical (unpaired) electrons. The lowest BCUT2D eigenvalue weighted by molar-refractivity contribution is -0.135. The number of urea groups is 1. The van der Waals surface area contributed by atoms with E-state index in [0.29, 0.717) is 5.75 Å². The summed E-state index contributed by atoms with van der Waals surface area (Å²) >= 11 is 0. The molecule has 1 aliphatic rings. The van der Waals surface area contributed by atoms with Gasteiger partial charge >= 0.3 is 6.03 Å². The monoisotopic (exact) mass is 347 g/mol. The van der Waals surface area contributed by atoms with Crippen LogP contribution in [-0.2, 0) is 16.0 Å². The number of amides is 4. The summed E-state index contributed by atoms with van der Waals surface area (Å²) in [6, 6.07) is 6.76. The number of methoxy groups -OCH3 is 1. The minimum atomic E-state index is -1.12. The zero-order valence-corrected chi connectivity index (χ0v) is 15.3. The third kappa shape index (κ3) is 4.29. The van der Waals surface area contributed by atoms with Gasteiger partial charge in [-0.1, -0.05) is 18.2 Å². The van der Waals surface area contributed by atoms with Crippen LogP contribution >= 0.6 is 0 Å². The van der Waals surface area contributed by atoms with Gasteiger partial charge in [-0.3, -0.25) is 14.5 Å². The molecule has 136 valence electrons. The van der Waals surface area contributed by atoms with Gasteiger partial charge in [0.25, 0.3) is 5.91 Å². The summed E-state index contributed by atoms with van der Waals surface area (Å²) < 4.78 is 5.31. The fourth-order valence-corrected chi connectivity index (χ4v) is 2.84. The molecule has 7 nitrogen and oxygen atoms in total. The van der Waals surface area contributed by atoms with Crippen molar-refractivity contribution in [2.45, 2.75) is 45.2 Å². The van der Waals surface area contributed by atoms with Crippen molar-refractivity contribution in [1.82, 2.24) is 15.5 Å². The number of nitrogens with zero attached hydrogens (tertiary/aromatic N) is 1. The molecule has 1 fully saturated rings. The highest BCUT2D eigenvalue weighted by atomic mass is 16.5. The molecule has 1 heterocycles. The molecular formula is C18H25N3O4. The molecule has 0 aromatic heterocycles. The van der Waals surface area contributed by atoms with Gasteiger partial charge in [0.1, 0.15) is 17.8 Å². The second-order valence-electron chi connectivity index (χ2n) is 7.44. The van der Waals surface area contributed by atoms with Crippen molar-refractivity contribution in [3.05, 3.63) is 29.8 Å². The number of rotatable bonds is 5. The number of carbonyl (C=O) groups excluding carboxylic acids is 3. The van der Waals surface area contributed by atoms with Crippen LogP contribution in [0.4, 0.5) is 4.79 Å². The SMILES string of the molecule is COc1ccccc1C[C@]1(C)NC(=O)N(CC(=O)NC(C)(C)C)C1=O. The summed E-state index contributed by atoms with van der Waals surface area (Å²) in [5, 5.41) is 5.45. The maximum absolute atomic E-state index is 12.8. The lowest BCUT2D eigenvalue weighted by atomic mass is 9.92. The Labute approximate surface area is 147 Å². The van der Waals surface area contributed by atoms with Crippen molar-refractivity contribution >= 4 is 17.8 Å². The maximum atomic E-state index is 12.8. The Morgan fingerprint density at radius 3 is 2.52 bits per heavy atom. The molecule has 2 rings (SSSR count). The molecule has 2 N–H and O–H groups in total. The minimum Gasteiger partial charge on any atom is -0.496 e. The van der Waals surface area contributed by atoms with Crippen LogP contribution in [0, 0.1) is 0 Å². The molecule has 0 bridgehead atoms. The summed E-state index contributed by atoms with van der Waals surface area (Å²) in [5.74, 6) is -0.153. The van der Waals surface area contributed by atoms with Crippen molar-refractivity contribution in [3.63, 3.8) is 0 Å². The highest BCUT2D eigenvalue weighted by Crippen LogP contribution is 2.27. The summed E-state index contributed by atoms with van der Waals surface area (Å²) in [4.78, 5) is 38.0. The van der Waals surface area contributed by atoms with Crippen molar-refractivity contribution in [2.75, 3.05) is 13.7 Å². The number of hydrogen-bond donors (Lipinski definition) is 2. The van der Waals surface area contributed by atoms with Crippen LogP contribution in [0.5, 0.6) is 5.75 Å². The molecule has 0 saturated carbocycles. The van der Waals surface area contributed by atoms with Gasteiger partial charge in [-0.2, -0.15) is 0 Å². The van der Waals surface area contributed by atoms with Crippen LogP contribution in [0.1, 0.15) is 33.3 Å². The van der Waals surface area contributed by atoms with E-state index in [1.807, 2.05) is 39.0 Å². The number of para-hydroxylation sites is 1. The molecule has 4 amide bonds. The van der Waals surface area contributed by atoms with E-state index in [1.54, 1.807) is 20.1 Å². The summed E-state index contributed by atoms with van der Waals surface area (Å²) in [7, 11) is 1.55. The highest BCUT2D eigenvalue weighted by Gasteiger charge is 2.48. The number of carbonyl (C=O) groups is 3. The lowest BCUT2D eigenvalue weighted by Gasteiger charge is -2.24. The van der Waals surface area contributed by atoms with Gasteiger partial charge in [-0.15, -0.1) is 0 Å². The van der Waals surface area contributed by atoms with Crippen LogP contribution in [0.25, 0.3) is 0 Å². The van der Waals surface area contributed by atoms with E-state index in [9.17, 15) is 14.4 Å². The molecule has 0 spiro atoms. The summed E-state index contributed by atoms with van der Waals surface area (Å²) in [6.07, 6.45) is 0.277. The van der Waals surface area contributed by atoms with E-state index in [-0.39, 0.29) is 18.9 Å². The average molecular weight is 347 g/mol. The second kappa shape index (κ2) is 6.74. The number of benzene rings is 1. The van der Waals surface area contributed by atoms with Gasteiger partial charge in [0, 0.05) is 12.0 Å². The van der Waals surface area contributed by atoms with Crippen molar-refractivity contribution in [3.8, 4) is 5.75 Å². The quantitative estimate of drug-likeness (QED) is 0.790. The molecule has 7 heteroatoms. The van der Waals surface area contributed by atoms with Crippen LogP contribution < -0.4 is 15.4 Å². The number of imide groups is 1. The predicted octanol–water partition coefficient (Wildman–Crippen LogP) is 1.46. The Kier molecular flexibility index (Phi) is 5.06. The van der Waals surface area contributed by atoms with E-state index < -0.39 is 23.0 Å². The molecule has 1 aromatic carbocycles. The molecule has 25 heavy (non-hydrogen) atoms. The van der Waals surface area contributed by atoms with Crippen molar-refractivity contribution in [2.24, 2.45) is 0 Å². The standard InChI is InChI=1S/C18H25N3O4/c1-17(2,3)19-14(22)11-21-15(23)18(4,20-16(21)24)10-12-8-6-7-9-13(12)25-5/h6-9H,10-11H2,1-5H3,(H,19,22)(H,20,24)/t18-/m0/s1.